The maximum absolute atomic E-state index is 11.1. The van der Waals surface area contributed by atoms with Crippen LogP contribution in [0.15, 0.2) is 12.1 Å². The molecule has 0 aliphatic heterocycles. The van der Waals surface area contributed by atoms with Crippen molar-refractivity contribution in [2.24, 2.45) is 0 Å². The highest BCUT2D eigenvalue weighted by Gasteiger charge is 2.09. The van der Waals surface area contributed by atoms with Gasteiger partial charge in [-0.05, 0) is 12.1 Å². The fraction of sp³-hybridized carbons (Fsp3) is 0.143. The van der Waals surface area contributed by atoms with Gasteiger partial charge in [0.2, 0.25) is 0 Å². The maximum atomic E-state index is 11.1. The topological polar surface area (TPSA) is 68.0 Å². The van der Waals surface area contributed by atoms with E-state index in [0.29, 0.717) is 5.02 Å². The highest BCUT2D eigenvalue weighted by Crippen LogP contribution is 2.14. The molecule has 64 valence electrons. The van der Waals surface area contributed by atoms with Crippen LogP contribution in [0.25, 0.3) is 0 Å². The number of amides is 1. The van der Waals surface area contributed by atoms with Gasteiger partial charge in [0.1, 0.15) is 11.5 Å². The van der Waals surface area contributed by atoms with E-state index in [1.807, 2.05) is 0 Å². The van der Waals surface area contributed by atoms with E-state index in [-0.39, 0.29) is 17.4 Å². The molecule has 0 fully saturated rings. The lowest BCUT2D eigenvalue weighted by Gasteiger charge is -2.01. The number of hydrogen-bond donors (Lipinski definition) is 2. The lowest BCUT2D eigenvalue weighted by Crippen LogP contribution is -2.20. The summed E-state index contributed by atoms with van der Waals surface area (Å²) >= 11 is 5.69. The molecule has 0 saturated heterocycles. The molecule has 0 saturated carbocycles. The number of hydrogen-bond acceptors (Lipinski definition) is 3. The number of aromatic nitrogens is 1. The van der Waals surface area contributed by atoms with E-state index >= 15 is 0 Å². The van der Waals surface area contributed by atoms with Gasteiger partial charge < -0.3 is 11.1 Å². The van der Waals surface area contributed by atoms with Crippen LogP contribution in [0, 0.1) is 0 Å². The fourth-order valence-electron chi connectivity index (χ4n) is 0.735. The van der Waals surface area contributed by atoms with Crippen LogP contribution < -0.4 is 11.1 Å². The summed E-state index contributed by atoms with van der Waals surface area (Å²) in [5.41, 5.74) is 5.52. The Balaban J connectivity index is 3.13. The Morgan fingerprint density at radius 1 is 1.67 bits per heavy atom. The number of rotatable bonds is 1. The highest BCUT2D eigenvalue weighted by atomic mass is 35.5. The second-order valence-electron chi connectivity index (χ2n) is 2.15. The summed E-state index contributed by atoms with van der Waals surface area (Å²) in [6, 6.07) is 3.07. The molecule has 1 amide bonds. The van der Waals surface area contributed by atoms with E-state index in [4.69, 9.17) is 17.3 Å². The SMILES string of the molecule is CNC(=O)c1nc(N)ccc1Cl. The molecule has 12 heavy (non-hydrogen) atoms. The van der Waals surface area contributed by atoms with Crippen LogP contribution in [0.5, 0.6) is 0 Å². The van der Waals surface area contributed by atoms with E-state index in [1.165, 1.54) is 19.2 Å². The van der Waals surface area contributed by atoms with Crippen LogP contribution >= 0.6 is 11.6 Å². The number of nitrogens with zero attached hydrogens (tertiary/aromatic N) is 1. The molecule has 0 bridgehead atoms. The van der Waals surface area contributed by atoms with Crippen molar-refractivity contribution in [3.8, 4) is 0 Å². The summed E-state index contributed by atoms with van der Waals surface area (Å²) in [7, 11) is 1.50. The average Bonchev–Trinajstić information content (AvgIpc) is 2.08. The van der Waals surface area contributed by atoms with Crippen molar-refractivity contribution < 1.29 is 4.79 Å². The number of carbonyl (C=O) groups is 1. The standard InChI is InChI=1S/C7H8ClN3O/c1-10-7(12)6-4(8)2-3-5(9)11-6/h2-3H,1H3,(H2,9,11)(H,10,12). The van der Waals surface area contributed by atoms with Gasteiger partial charge in [-0.3, -0.25) is 4.79 Å². The number of nitrogens with two attached hydrogens (primary N) is 1. The van der Waals surface area contributed by atoms with Crippen molar-refractivity contribution >= 4 is 23.3 Å². The Labute approximate surface area is 74.7 Å². The Kier molecular flexibility index (Phi) is 2.50. The predicted octanol–water partition coefficient (Wildman–Crippen LogP) is 0.677. The van der Waals surface area contributed by atoms with E-state index in [9.17, 15) is 4.79 Å². The molecule has 0 radical (unpaired) electrons. The minimum atomic E-state index is -0.340. The van der Waals surface area contributed by atoms with Gasteiger partial charge in [0.05, 0.1) is 5.02 Å². The molecular formula is C7H8ClN3O. The lowest BCUT2D eigenvalue weighted by molar-refractivity contribution is 0.0958. The Bertz CT molecular complexity index is 314. The van der Waals surface area contributed by atoms with Crippen molar-refractivity contribution in [2.75, 3.05) is 12.8 Å². The zero-order valence-corrected chi connectivity index (χ0v) is 7.22. The number of nitrogens with one attached hydrogen (secondary N) is 1. The second-order valence-corrected chi connectivity index (χ2v) is 2.55. The molecule has 1 aromatic heterocycles. The minimum absolute atomic E-state index is 0.152. The molecule has 0 aliphatic rings. The van der Waals surface area contributed by atoms with Crippen molar-refractivity contribution in [1.29, 1.82) is 0 Å². The Morgan fingerprint density at radius 2 is 2.33 bits per heavy atom. The monoisotopic (exact) mass is 185 g/mol. The quantitative estimate of drug-likeness (QED) is 0.676. The summed E-state index contributed by atoms with van der Waals surface area (Å²) in [5.74, 6) is -0.0645. The largest absolute Gasteiger partial charge is 0.384 e. The first-order valence-corrected chi connectivity index (χ1v) is 3.67. The van der Waals surface area contributed by atoms with Crippen LogP contribution in [-0.4, -0.2) is 17.9 Å². The van der Waals surface area contributed by atoms with Crippen LogP contribution in [0.4, 0.5) is 5.82 Å². The van der Waals surface area contributed by atoms with Crippen LogP contribution in [-0.2, 0) is 0 Å². The van der Waals surface area contributed by atoms with Gasteiger partial charge in [-0.15, -0.1) is 0 Å². The van der Waals surface area contributed by atoms with E-state index in [2.05, 4.69) is 10.3 Å². The smallest absolute Gasteiger partial charge is 0.271 e. The van der Waals surface area contributed by atoms with Gasteiger partial charge in [-0.1, -0.05) is 11.6 Å². The van der Waals surface area contributed by atoms with Crippen molar-refractivity contribution in [1.82, 2.24) is 10.3 Å². The third-order valence-electron chi connectivity index (χ3n) is 1.31. The average molecular weight is 186 g/mol. The molecule has 0 atom stereocenters. The molecule has 1 heterocycles. The number of halogens is 1. The van der Waals surface area contributed by atoms with Crippen LogP contribution in [0.2, 0.25) is 5.02 Å². The second kappa shape index (κ2) is 3.40. The zero-order chi connectivity index (χ0) is 9.14. The fourth-order valence-corrected chi connectivity index (χ4v) is 0.926. The number of anilines is 1. The van der Waals surface area contributed by atoms with E-state index in [1.54, 1.807) is 0 Å². The molecule has 0 aromatic carbocycles. The van der Waals surface area contributed by atoms with Crippen molar-refractivity contribution in [2.45, 2.75) is 0 Å². The first-order chi connectivity index (χ1) is 5.65. The molecule has 0 aliphatic carbocycles. The summed E-state index contributed by atoms with van der Waals surface area (Å²) in [6.07, 6.45) is 0. The first kappa shape index (κ1) is 8.80. The van der Waals surface area contributed by atoms with E-state index < -0.39 is 0 Å². The molecule has 0 spiro atoms. The normalized spacial score (nSPS) is 9.50. The molecule has 0 unspecified atom stereocenters. The van der Waals surface area contributed by atoms with Gasteiger partial charge in [-0.2, -0.15) is 0 Å². The van der Waals surface area contributed by atoms with Crippen LogP contribution in [0.3, 0.4) is 0 Å². The van der Waals surface area contributed by atoms with Gasteiger partial charge >= 0.3 is 0 Å². The van der Waals surface area contributed by atoms with Gasteiger partial charge in [0, 0.05) is 7.05 Å². The Hall–Kier alpha value is -1.29. The van der Waals surface area contributed by atoms with Crippen LogP contribution in [0.1, 0.15) is 10.5 Å². The Morgan fingerprint density at radius 3 is 2.92 bits per heavy atom. The van der Waals surface area contributed by atoms with Crippen molar-refractivity contribution in [3.05, 3.63) is 22.8 Å². The number of carbonyl (C=O) groups excluding carboxylic acids is 1. The molecule has 4 nitrogen and oxygen atoms in total. The predicted molar refractivity (Wildman–Crippen MR) is 47.0 cm³/mol. The molecule has 3 N–H and O–H groups in total. The molecular weight excluding hydrogens is 178 g/mol. The molecule has 5 heteroatoms. The van der Waals surface area contributed by atoms with Crippen molar-refractivity contribution in [3.63, 3.8) is 0 Å². The van der Waals surface area contributed by atoms with Gasteiger partial charge in [0.15, 0.2) is 0 Å². The number of pyridine rings is 1. The van der Waals surface area contributed by atoms with Gasteiger partial charge in [0.25, 0.3) is 5.91 Å². The van der Waals surface area contributed by atoms with Gasteiger partial charge in [-0.25, -0.2) is 4.98 Å². The number of nitrogen functional groups attached to an aromatic ring is 1. The maximum Gasteiger partial charge on any atom is 0.271 e. The summed E-state index contributed by atoms with van der Waals surface area (Å²) in [4.78, 5) is 14.9. The van der Waals surface area contributed by atoms with E-state index in [0.717, 1.165) is 0 Å². The third kappa shape index (κ3) is 1.65. The lowest BCUT2D eigenvalue weighted by atomic mass is 10.3. The minimum Gasteiger partial charge on any atom is -0.384 e. The third-order valence-corrected chi connectivity index (χ3v) is 1.61. The summed E-state index contributed by atoms with van der Waals surface area (Å²) < 4.78 is 0. The molecule has 1 aromatic rings. The molecule has 1 rings (SSSR count). The highest BCUT2D eigenvalue weighted by molar-refractivity contribution is 6.33. The zero-order valence-electron chi connectivity index (χ0n) is 6.47. The summed E-state index contributed by atoms with van der Waals surface area (Å²) in [6.45, 7) is 0. The first-order valence-electron chi connectivity index (χ1n) is 3.29. The summed E-state index contributed by atoms with van der Waals surface area (Å²) in [5, 5.41) is 2.70.